The van der Waals surface area contributed by atoms with Crippen molar-refractivity contribution in [3.05, 3.63) is 0 Å². The first-order valence-electron chi connectivity index (χ1n) is 7.52. The molecule has 0 saturated heterocycles. The van der Waals surface area contributed by atoms with Crippen LogP contribution in [0.15, 0.2) is 0 Å². The van der Waals surface area contributed by atoms with E-state index in [9.17, 15) is 14.7 Å². The standard InChI is InChI=1S/C15H23NO3/c1-7(2)5-10(15(18)19)16-14(17)13-11-8-3-4-9(6-8)12(11)13/h7-13H,3-6H2,1-2H3,(H,16,17)(H,18,19). The van der Waals surface area contributed by atoms with Crippen molar-refractivity contribution in [1.29, 1.82) is 0 Å². The Bertz CT molecular complexity index is 390. The molecule has 0 aromatic rings. The number of fused-ring (bicyclic) bond motifs is 5. The van der Waals surface area contributed by atoms with Crippen LogP contribution in [0.5, 0.6) is 0 Å². The summed E-state index contributed by atoms with van der Waals surface area (Å²) >= 11 is 0. The maximum atomic E-state index is 12.3. The number of aliphatic carboxylic acids is 1. The van der Waals surface area contributed by atoms with E-state index in [1.54, 1.807) is 0 Å². The number of hydrogen-bond donors (Lipinski definition) is 2. The summed E-state index contributed by atoms with van der Waals surface area (Å²) in [5.74, 6) is 2.14. The van der Waals surface area contributed by atoms with Gasteiger partial charge in [0.1, 0.15) is 6.04 Å². The second-order valence-corrected chi connectivity index (χ2v) is 7.04. The van der Waals surface area contributed by atoms with Crippen LogP contribution in [-0.4, -0.2) is 23.0 Å². The minimum Gasteiger partial charge on any atom is -0.480 e. The van der Waals surface area contributed by atoms with Gasteiger partial charge in [0, 0.05) is 5.92 Å². The summed E-state index contributed by atoms with van der Waals surface area (Å²) in [6.07, 6.45) is 4.39. The van der Waals surface area contributed by atoms with Crippen molar-refractivity contribution in [1.82, 2.24) is 5.32 Å². The van der Waals surface area contributed by atoms with Gasteiger partial charge in [-0.25, -0.2) is 4.79 Å². The molecule has 5 atom stereocenters. The lowest BCUT2D eigenvalue weighted by atomic mass is 10.0. The van der Waals surface area contributed by atoms with Crippen LogP contribution in [0, 0.1) is 35.5 Å². The molecule has 0 aliphatic heterocycles. The Balaban J connectivity index is 1.58. The zero-order valence-corrected chi connectivity index (χ0v) is 11.6. The fourth-order valence-electron chi connectivity index (χ4n) is 4.64. The summed E-state index contributed by atoms with van der Waals surface area (Å²) in [7, 11) is 0. The van der Waals surface area contributed by atoms with Crippen molar-refractivity contribution in [2.45, 2.75) is 45.6 Å². The molecule has 0 aromatic heterocycles. The second kappa shape index (κ2) is 4.50. The van der Waals surface area contributed by atoms with Crippen molar-refractivity contribution < 1.29 is 14.7 Å². The zero-order chi connectivity index (χ0) is 13.7. The molecule has 5 unspecified atom stereocenters. The molecular weight excluding hydrogens is 242 g/mol. The summed E-state index contributed by atoms with van der Waals surface area (Å²) in [5, 5.41) is 11.9. The lowest BCUT2D eigenvalue weighted by Gasteiger charge is -2.17. The van der Waals surface area contributed by atoms with Gasteiger partial charge in [-0.2, -0.15) is 0 Å². The van der Waals surface area contributed by atoms with Gasteiger partial charge in [0.05, 0.1) is 0 Å². The van der Waals surface area contributed by atoms with Crippen LogP contribution < -0.4 is 5.32 Å². The van der Waals surface area contributed by atoms with Crippen molar-refractivity contribution in [2.75, 3.05) is 0 Å². The molecule has 106 valence electrons. The highest BCUT2D eigenvalue weighted by Gasteiger charge is 2.67. The summed E-state index contributed by atoms with van der Waals surface area (Å²) in [5.41, 5.74) is 0. The summed E-state index contributed by atoms with van der Waals surface area (Å²) < 4.78 is 0. The number of carboxylic acid groups (broad SMARTS) is 1. The molecule has 2 N–H and O–H groups in total. The number of carbonyl (C=O) groups excluding carboxylic acids is 1. The minimum atomic E-state index is -0.907. The van der Waals surface area contributed by atoms with E-state index in [-0.39, 0.29) is 17.7 Å². The van der Waals surface area contributed by atoms with E-state index >= 15 is 0 Å². The first-order chi connectivity index (χ1) is 8.99. The summed E-state index contributed by atoms with van der Waals surface area (Å²) in [6.45, 7) is 3.96. The number of hydrogen-bond acceptors (Lipinski definition) is 2. The Hall–Kier alpha value is -1.06. The SMILES string of the molecule is CC(C)CC(NC(=O)C1C2C3CCC(C3)C12)C(=O)O. The van der Waals surface area contributed by atoms with Crippen LogP contribution in [0.3, 0.4) is 0 Å². The monoisotopic (exact) mass is 265 g/mol. The molecule has 0 spiro atoms. The summed E-state index contributed by atoms with van der Waals surface area (Å²) in [4.78, 5) is 23.4. The molecule has 0 heterocycles. The normalized spacial score (nSPS) is 40.1. The van der Waals surface area contributed by atoms with E-state index in [1.807, 2.05) is 13.8 Å². The van der Waals surface area contributed by atoms with Crippen LogP contribution in [0.25, 0.3) is 0 Å². The third-order valence-electron chi connectivity index (χ3n) is 5.36. The molecule has 3 aliphatic rings. The van der Waals surface area contributed by atoms with Crippen molar-refractivity contribution in [3.63, 3.8) is 0 Å². The lowest BCUT2D eigenvalue weighted by Crippen LogP contribution is -2.43. The Labute approximate surface area is 113 Å². The molecule has 3 aliphatic carbocycles. The van der Waals surface area contributed by atoms with Gasteiger partial charge in [-0.15, -0.1) is 0 Å². The highest BCUT2D eigenvalue weighted by Crippen LogP contribution is 2.69. The number of nitrogens with one attached hydrogen (secondary N) is 1. The molecule has 3 rings (SSSR count). The van der Waals surface area contributed by atoms with Crippen LogP contribution in [0.4, 0.5) is 0 Å². The van der Waals surface area contributed by atoms with Gasteiger partial charge in [0.2, 0.25) is 5.91 Å². The molecule has 3 fully saturated rings. The first kappa shape index (κ1) is 12.9. The highest BCUT2D eigenvalue weighted by atomic mass is 16.4. The zero-order valence-electron chi connectivity index (χ0n) is 11.6. The van der Waals surface area contributed by atoms with E-state index in [4.69, 9.17) is 0 Å². The van der Waals surface area contributed by atoms with Crippen molar-refractivity contribution in [3.8, 4) is 0 Å². The van der Waals surface area contributed by atoms with E-state index in [0.717, 1.165) is 11.8 Å². The molecule has 4 heteroatoms. The van der Waals surface area contributed by atoms with Gasteiger partial charge in [-0.3, -0.25) is 4.79 Å². The smallest absolute Gasteiger partial charge is 0.326 e. The average Bonchev–Trinajstić information content (AvgIpc) is 2.77. The van der Waals surface area contributed by atoms with Gasteiger partial charge in [-0.1, -0.05) is 13.8 Å². The van der Waals surface area contributed by atoms with Crippen LogP contribution >= 0.6 is 0 Å². The Morgan fingerprint density at radius 1 is 1.21 bits per heavy atom. The molecular formula is C15H23NO3. The topological polar surface area (TPSA) is 66.4 Å². The van der Waals surface area contributed by atoms with Gasteiger partial charge in [-0.05, 0) is 55.3 Å². The number of carbonyl (C=O) groups is 2. The van der Waals surface area contributed by atoms with Crippen molar-refractivity contribution in [2.24, 2.45) is 35.5 Å². The van der Waals surface area contributed by atoms with Crippen LogP contribution in [0.2, 0.25) is 0 Å². The predicted molar refractivity (Wildman–Crippen MR) is 70.3 cm³/mol. The lowest BCUT2D eigenvalue weighted by molar-refractivity contribution is -0.142. The molecule has 19 heavy (non-hydrogen) atoms. The Morgan fingerprint density at radius 3 is 2.26 bits per heavy atom. The van der Waals surface area contributed by atoms with Gasteiger partial charge in [0.25, 0.3) is 0 Å². The van der Waals surface area contributed by atoms with Crippen LogP contribution in [0.1, 0.15) is 39.5 Å². The maximum Gasteiger partial charge on any atom is 0.326 e. The third kappa shape index (κ3) is 2.15. The van der Waals surface area contributed by atoms with Gasteiger partial charge < -0.3 is 10.4 Å². The minimum absolute atomic E-state index is 0.000324. The average molecular weight is 265 g/mol. The first-order valence-corrected chi connectivity index (χ1v) is 7.52. The number of amides is 1. The fraction of sp³-hybridized carbons (Fsp3) is 0.867. The highest BCUT2D eigenvalue weighted by molar-refractivity contribution is 5.87. The summed E-state index contributed by atoms with van der Waals surface area (Å²) in [6, 6.07) is -0.716. The Kier molecular flexibility index (Phi) is 3.06. The number of rotatable bonds is 5. The van der Waals surface area contributed by atoms with E-state index in [0.29, 0.717) is 18.3 Å². The quantitative estimate of drug-likeness (QED) is 0.797. The molecule has 4 nitrogen and oxygen atoms in total. The Morgan fingerprint density at radius 2 is 1.79 bits per heavy atom. The molecule has 1 amide bonds. The van der Waals surface area contributed by atoms with Crippen molar-refractivity contribution >= 4 is 11.9 Å². The van der Waals surface area contributed by atoms with E-state index in [1.165, 1.54) is 19.3 Å². The predicted octanol–water partition coefficient (Wildman–Crippen LogP) is 1.89. The molecule has 3 saturated carbocycles. The second-order valence-electron chi connectivity index (χ2n) is 7.04. The molecule has 2 bridgehead atoms. The molecule has 0 aromatic carbocycles. The fourth-order valence-corrected chi connectivity index (χ4v) is 4.64. The molecule has 0 radical (unpaired) electrons. The largest absolute Gasteiger partial charge is 0.480 e. The van der Waals surface area contributed by atoms with Crippen LogP contribution in [-0.2, 0) is 9.59 Å². The van der Waals surface area contributed by atoms with Gasteiger partial charge in [0.15, 0.2) is 0 Å². The van der Waals surface area contributed by atoms with Gasteiger partial charge >= 0.3 is 5.97 Å². The maximum absolute atomic E-state index is 12.3. The van der Waals surface area contributed by atoms with E-state index in [2.05, 4.69) is 5.32 Å². The van der Waals surface area contributed by atoms with E-state index < -0.39 is 12.0 Å². The third-order valence-corrected chi connectivity index (χ3v) is 5.36. The number of carboxylic acids is 1.